The lowest BCUT2D eigenvalue weighted by atomic mass is 9.88. The third-order valence-corrected chi connectivity index (χ3v) is 5.40. The van der Waals surface area contributed by atoms with E-state index in [0.29, 0.717) is 30.8 Å². The summed E-state index contributed by atoms with van der Waals surface area (Å²) in [5.41, 5.74) is 2.76. The molecule has 128 valence electrons. The Morgan fingerprint density at radius 2 is 1.87 bits per heavy atom. The molecule has 1 saturated heterocycles. The van der Waals surface area contributed by atoms with Gasteiger partial charge in [-0.2, -0.15) is 0 Å². The summed E-state index contributed by atoms with van der Waals surface area (Å²) in [5.74, 6) is -1.94. The fraction of sp³-hybridized carbons (Fsp3) is 0.684. The smallest absolute Gasteiger partial charge is 0.248 e. The number of nitrogens with one attached hydrogen (secondary N) is 1. The van der Waals surface area contributed by atoms with Crippen molar-refractivity contribution in [3.63, 3.8) is 0 Å². The Kier molecular flexibility index (Phi) is 5.02. The van der Waals surface area contributed by atoms with Gasteiger partial charge >= 0.3 is 0 Å². The molecule has 0 radical (unpaired) electrons. The van der Waals surface area contributed by atoms with E-state index in [4.69, 9.17) is 0 Å². The highest BCUT2D eigenvalue weighted by atomic mass is 19.3. The monoisotopic (exact) mass is 322 g/mol. The molecule has 0 bridgehead atoms. The van der Waals surface area contributed by atoms with Crippen LogP contribution in [-0.2, 0) is 0 Å². The fourth-order valence-electron chi connectivity index (χ4n) is 4.06. The number of halogens is 2. The summed E-state index contributed by atoms with van der Waals surface area (Å²) >= 11 is 0. The van der Waals surface area contributed by atoms with Gasteiger partial charge < -0.3 is 5.32 Å². The number of nitrogens with zero attached hydrogens (tertiary/aromatic N) is 1. The lowest BCUT2D eigenvalue weighted by molar-refractivity contribution is -0.0562. The van der Waals surface area contributed by atoms with Gasteiger partial charge in [-0.05, 0) is 29.9 Å². The van der Waals surface area contributed by atoms with E-state index in [9.17, 15) is 8.78 Å². The van der Waals surface area contributed by atoms with Crippen LogP contribution in [0.2, 0.25) is 0 Å². The minimum Gasteiger partial charge on any atom is -0.308 e. The van der Waals surface area contributed by atoms with Crippen LogP contribution in [0.1, 0.15) is 62.6 Å². The van der Waals surface area contributed by atoms with E-state index in [1.54, 1.807) is 0 Å². The Labute approximate surface area is 138 Å². The van der Waals surface area contributed by atoms with E-state index in [1.165, 1.54) is 11.1 Å². The number of piperazine rings is 1. The topological polar surface area (TPSA) is 15.3 Å². The van der Waals surface area contributed by atoms with Gasteiger partial charge in [0.2, 0.25) is 5.92 Å². The Balaban J connectivity index is 1.70. The number of hydrogen-bond donors (Lipinski definition) is 1. The molecule has 1 aromatic rings. The average Bonchev–Trinajstić information content (AvgIpc) is 2.55. The van der Waals surface area contributed by atoms with Gasteiger partial charge in [-0.3, -0.25) is 4.90 Å². The van der Waals surface area contributed by atoms with Crippen molar-refractivity contribution < 1.29 is 8.78 Å². The second kappa shape index (κ2) is 6.86. The normalized spacial score (nSPS) is 26.6. The highest BCUT2D eigenvalue weighted by molar-refractivity contribution is 5.33. The number of alkyl halides is 2. The van der Waals surface area contributed by atoms with Gasteiger partial charge in [0, 0.05) is 44.6 Å². The van der Waals surface area contributed by atoms with E-state index in [-0.39, 0.29) is 12.8 Å². The van der Waals surface area contributed by atoms with Crippen LogP contribution in [-0.4, -0.2) is 36.5 Å². The Bertz CT molecular complexity index is 520. The minimum absolute atomic E-state index is 0.0504. The second-order valence-corrected chi connectivity index (χ2v) is 7.37. The van der Waals surface area contributed by atoms with Crippen LogP contribution >= 0.6 is 0 Å². The van der Waals surface area contributed by atoms with Crippen molar-refractivity contribution in [2.24, 2.45) is 0 Å². The molecule has 2 nitrogen and oxygen atoms in total. The number of benzene rings is 1. The third-order valence-electron chi connectivity index (χ3n) is 5.40. The predicted molar refractivity (Wildman–Crippen MR) is 90.1 cm³/mol. The molecule has 1 aromatic carbocycles. The largest absolute Gasteiger partial charge is 0.308 e. The zero-order valence-corrected chi connectivity index (χ0v) is 14.2. The van der Waals surface area contributed by atoms with Crippen molar-refractivity contribution in [3.05, 3.63) is 35.4 Å². The molecular weight excluding hydrogens is 294 g/mol. The van der Waals surface area contributed by atoms with Gasteiger partial charge in [-0.1, -0.05) is 38.1 Å². The molecule has 1 heterocycles. The summed E-state index contributed by atoms with van der Waals surface area (Å²) in [6.07, 6.45) is 1.36. The molecule has 0 aromatic heterocycles. The van der Waals surface area contributed by atoms with Gasteiger partial charge in [-0.15, -0.1) is 0 Å². The van der Waals surface area contributed by atoms with E-state index < -0.39 is 5.92 Å². The van der Waals surface area contributed by atoms with Gasteiger partial charge in [0.05, 0.1) is 0 Å². The lowest BCUT2D eigenvalue weighted by Gasteiger charge is -2.42. The molecule has 1 unspecified atom stereocenters. The van der Waals surface area contributed by atoms with Crippen molar-refractivity contribution >= 4 is 0 Å². The van der Waals surface area contributed by atoms with Crippen LogP contribution in [0.3, 0.4) is 0 Å². The van der Waals surface area contributed by atoms with Gasteiger partial charge in [0.15, 0.2) is 0 Å². The molecule has 1 aliphatic carbocycles. The fourth-order valence-corrected chi connectivity index (χ4v) is 4.06. The quantitative estimate of drug-likeness (QED) is 0.891. The number of hydrogen-bond acceptors (Lipinski definition) is 2. The summed E-state index contributed by atoms with van der Waals surface area (Å²) in [6.45, 7) is 7.28. The first-order valence-corrected chi connectivity index (χ1v) is 8.90. The first-order chi connectivity index (χ1) is 11.0. The molecule has 2 aliphatic rings. The van der Waals surface area contributed by atoms with Gasteiger partial charge in [0.25, 0.3) is 0 Å². The van der Waals surface area contributed by atoms with Crippen LogP contribution in [0, 0.1) is 0 Å². The molecular formula is C19H28F2N2. The average molecular weight is 322 g/mol. The second-order valence-electron chi connectivity index (χ2n) is 7.37. The lowest BCUT2D eigenvalue weighted by Crippen LogP contribution is -2.51. The van der Waals surface area contributed by atoms with Crippen molar-refractivity contribution in [2.75, 3.05) is 19.6 Å². The van der Waals surface area contributed by atoms with Gasteiger partial charge in [-0.25, -0.2) is 8.78 Å². The number of rotatable bonds is 3. The summed E-state index contributed by atoms with van der Waals surface area (Å²) in [7, 11) is 0. The Hall–Kier alpha value is -1.00. The van der Waals surface area contributed by atoms with Crippen molar-refractivity contribution in [3.8, 4) is 0 Å². The zero-order valence-electron chi connectivity index (χ0n) is 14.2. The van der Waals surface area contributed by atoms with Crippen molar-refractivity contribution in [2.45, 2.75) is 63.5 Å². The molecule has 23 heavy (non-hydrogen) atoms. The Morgan fingerprint density at radius 1 is 1.17 bits per heavy atom. The van der Waals surface area contributed by atoms with Crippen LogP contribution in [0.5, 0.6) is 0 Å². The maximum Gasteiger partial charge on any atom is 0.248 e. The highest BCUT2D eigenvalue weighted by Crippen LogP contribution is 2.36. The van der Waals surface area contributed by atoms with Crippen LogP contribution in [0.25, 0.3) is 0 Å². The summed E-state index contributed by atoms with van der Waals surface area (Å²) in [5, 5.41) is 3.63. The standard InChI is InChI=1S/C19H28F2N2/c1-14(2)16-5-3-4-6-17(16)18-13-23(12-11-22-18)15-7-9-19(20,21)10-8-15/h3-6,14-15,18,22H,7-13H2,1-2H3. The molecule has 2 fully saturated rings. The Morgan fingerprint density at radius 3 is 2.57 bits per heavy atom. The first kappa shape index (κ1) is 16.8. The summed E-state index contributed by atoms with van der Waals surface area (Å²) < 4.78 is 26.8. The molecule has 1 atom stereocenters. The predicted octanol–water partition coefficient (Wildman–Crippen LogP) is 4.33. The van der Waals surface area contributed by atoms with Crippen LogP contribution in [0.15, 0.2) is 24.3 Å². The van der Waals surface area contributed by atoms with Crippen LogP contribution in [0.4, 0.5) is 8.78 Å². The van der Waals surface area contributed by atoms with E-state index in [2.05, 4.69) is 48.3 Å². The van der Waals surface area contributed by atoms with Crippen molar-refractivity contribution in [1.82, 2.24) is 10.2 Å². The third kappa shape index (κ3) is 3.92. The molecule has 3 rings (SSSR count). The summed E-state index contributed by atoms with van der Waals surface area (Å²) in [6, 6.07) is 9.26. The molecule has 1 N–H and O–H groups in total. The van der Waals surface area contributed by atoms with E-state index >= 15 is 0 Å². The maximum absolute atomic E-state index is 13.4. The zero-order chi connectivity index (χ0) is 16.4. The highest BCUT2D eigenvalue weighted by Gasteiger charge is 2.38. The first-order valence-electron chi connectivity index (χ1n) is 8.90. The SMILES string of the molecule is CC(C)c1ccccc1C1CN(C2CCC(F)(F)CC2)CCN1. The van der Waals surface area contributed by atoms with Crippen molar-refractivity contribution in [1.29, 1.82) is 0 Å². The molecule has 4 heteroatoms. The molecule has 0 amide bonds. The molecule has 0 spiro atoms. The minimum atomic E-state index is -2.44. The molecule has 1 saturated carbocycles. The van der Waals surface area contributed by atoms with Gasteiger partial charge in [0.1, 0.15) is 0 Å². The maximum atomic E-state index is 13.4. The molecule has 1 aliphatic heterocycles. The van der Waals surface area contributed by atoms with E-state index in [0.717, 1.165) is 19.6 Å². The van der Waals surface area contributed by atoms with Crippen LogP contribution < -0.4 is 5.32 Å². The summed E-state index contributed by atoms with van der Waals surface area (Å²) in [4.78, 5) is 2.44. The van der Waals surface area contributed by atoms with E-state index in [1.807, 2.05) is 0 Å².